The molecule has 3 N–H and O–H groups in total. The molecule has 0 radical (unpaired) electrons. The molecular formula is C13H17NO3. The predicted molar refractivity (Wildman–Crippen MR) is 64.1 cm³/mol. The zero-order valence-corrected chi connectivity index (χ0v) is 10.1. The summed E-state index contributed by atoms with van der Waals surface area (Å²) in [5, 5.41) is 9.29. The highest BCUT2D eigenvalue weighted by Crippen LogP contribution is 2.37. The Morgan fingerprint density at radius 2 is 2.24 bits per heavy atom. The Bertz CT molecular complexity index is 456. The Labute approximate surface area is 100 Å². The first-order valence-electron chi connectivity index (χ1n) is 5.74. The third-order valence-electron chi connectivity index (χ3n) is 3.29. The molecule has 0 fully saturated rings. The zero-order chi connectivity index (χ0) is 12.6. The standard InChI is InChI=1S/C13H17NO3/c1-8(2)9-3-4-11-10(7-9)13(14,12(15)16)5-6-17-11/h3-4,7-8H,5-6,14H2,1-2H3,(H,15,16). The summed E-state index contributed by atoms with van der Waals surface area (Å²) in [6, 6.07) is 5.62. The Kier molecular flexibility index (Phi) is 2.83. The van der Waals surface area contributed by atoms with E-state index in [0.29, 0.717) is 30.3 Å². The summed E-state index contributed by atoms with van der Waals surface area (Å²) >= 11 is 0. The van der Waals surface area contributed by atoms with E-state index in [9.17, 15) is 9.90 Å². The Hall–Kier alpha value is -1.55. The number of carboxylic acids is 1. The second-order valence-electron chi connectivity index (χ2n) is 4.79. The first-order chi connectivity index (χ1) is 7.95. The van der Waals surface area contributed by atoms with Gasteiger partial charge in [0.05, 0.1) is 6.61 Å². The Balaban J connectivity index is 2.56. The molecule has 0 saturated carbocycles. The molecule has 17 heavy (non-hydrogen) atoms. The number of benzene rings is 1. The van der Waals surface area contributed by atoms with Gasteiger partial charge in [-0.3, -0.25) is 0 Å². The first-order valence-corrected chi connectivity index (χ1v) is 5.74. The van der Waals surface area contributed by atoms with Crippen molar-refractivity contribution in [1.29, 1.82) is 0 Å². The van der Waals surface area contributed by atoms with Crippen LogP contribution >= 0.6 is 0 Å². The number of ether oxygens (including phenoxy) is 1. The molecule has 1 aliphatic rings. The molecule has 92 valence electrons. The van der Waals surface area contributed by atoms with Crippen LogP contribution in [0.2, 0.25) is 0 Å². The van der Waals surface area contributed by atoms with E-state index in [1.807, 2.05) is 18.2 Å². The first kappa shape index (κ1) is 11.9. The van der Waals surface area contributed by atoms with Gasteiger partial charge in [0.2, 0.25) is 0 Å². The third kappa shape index (κ3) is 1.89. The molecule has 1 heterocycles. The lowest BCUT2D eigenvalue weighted by Crippen LogP contribution is -2.48. The summed E-state index contributed by atoms with van der Waals surface area (Å²) in [6.07, 6.45) is 0.302. The quantitative estimate of drug-likeness (QED) is 0.820. The van der Waals surface area contributed by atoms with Crippen LogP contribution < -0.4 is 10.5 Å². The van der Waals surface area contributed by atoms with E-state index in [1.165, 1.54) is 0 Å². The van der Waals surface area contributed by atoms with E-state index in [0.717, 1.165) is 5.56 Å². The average Bonchev–Trinajstić information content (AvgIpc) is 2.28. The molecule has 0 saturated heterocycles. The van der Waals surface area contributed by atoms with Crippen LogP contribution in [-0.4, -0.2) is 17.7 Å². The molecule has 1 aromatic rings. The molecule has 0 amide bonds. The predicted octanol–water partition coefficient (Wildman–Crippen LogP) is 1.83. The zero-order valence-electron chi connectivity index (χ0n) is 10.1. The highest BCUT2D eigenvalue weighted by molar-refractivity contribution is 5.82. The van der Waals surface area contributed by atoms with Gasteiger partial charge >= 0.3 is 5.97 Å². The van der Waals surface area contributed by atoms with Gasteiger partial charge < -0.3 is 15.6 Å². The van der Waals surface area contributed by atoms with Crippen LogP contribution in [0.25, 0.3) is 0 Å². The van der Waals surface area contributed by atoms with E-state index >= 15 is 0 Å². The van der Waals surface area contributed by atoms with Crippen molar-refractivity contribution in [1.82, 2.24) is 0 Å². The lowest BCUT2D eigenvalue weighted by atomic mass is 9.83. The van der Waals surface area contributed by atoms with Crippen LogP contribution in [0, 0.1) is 0 Å². The van der Waals surface area contributed by atoms with Crippen molar-refractivity contribution in [2.75, 3.05) is 6.61 Å². The van der Waals surface area contributed by atoms with E-state index in [2.05, 4.69) is 13.8 Å². The van der Waals surface area contributed by atoms with Crippen LogP contribution in [0.4, 0.5) is 0 Å². The number of hydrogen-bond acceptors (Lipinski definition) is 3. The Morgan fingerprint density at radius 1 is 1.53 bits per heavy atom. The molecule has 0 spiro atoms. The highest BCUT2D eigenvalue weighted by atomic mass is 16.5. The van der Waals surface area contributed by atoms with E-state index in [1.54, 1.807) is 0 Å². The van der Waals surface area contributed by atoms with E-state index in [4.69, 9.17) is 10.5 Å². The van der Waals surface area contributed by atoms with Crippen molar-refractivity contribution >= 4 is 5.97 Å². The van der Waals surface area contributed by atoms with Crippen LogP contribution in [0.15, 0.2) is 18.2 Å². The number of carboxylic acid groups (broad SMARTS) is 1. The van der Waals surface area contributed by atoms with Crippen molar-refractivity contribution in [3.05, 3.63) is 29.3 Å². The summed E-state index contributed by atoms with van der Waals surface area (Å²) in [5.74, 6) is -0.0752. The lowest BCUT2D eigenvalue weighted by Gasteiger charge is -2.32. The maximum absolute atomic E-state index is 11.3. The lowest BCUT2D eigenvalue weighted by molar-refractivity contribution is -0.144. The molecule has 4 nitrogen and oxygen atoms in total. The van der Waals surface area contributed by atoms with Gasteiger partial charge in [0.1, 0.15) is 11.3 Å². The topological polar surface area (TPSA) is 72.6 Å². The van der Waals surface area contributed by atoms with Crippen LogP contribution in [0.5, 0.6) is 5.75 Å². The fourth-order valence-electron chi connectivity index (χ4n) is 2.06. The number of hydrogen-bond donors (Lipinski definition) is 2. The van der Waals surface area contributed by atoms with Gasteiger partial charge in [-0.15, -0.1) is 0 Å². The molecule has 1 aliphatic heterocycles. The van der Waals surface area contributed by atoms with Crippen molar-refractivity contribution in [2.45, 2.75) is 31.7 Å². The SMILES string of the molecule is CC(C)c1ccc2c(c1)C(N)(C(=O)O)CCO2. The van der Waals surface area contributed by atoms with Gasteiger partial charge in [-0.25, -0.2) is 4.79 Å². The van der Waals surface area contributed by atoms with Crippen molar-refractivity contribution in [2.24, 2.45) is 5.73 Å². The fourth-order valence-corrected chi connectivity index (χ4v) is 2.06. The minimum atomic E-state index is -1.32. The summed E-state index contributed by atoms with van der Waals surface area (Å²) in [6.45, 7) is 4.46. The maximum Gasteiger partial charge on any atom is 0.328 e. The number of nitrogens with two attached hydrogens (primary N) is 1. The number of aliphatic carboxylic acids is 1. The molecule has 0 bridgehead atoms. The highest BCUT2D eigenvalue weighted by Gasteiger charge is 2.41. The van der Waals surface area contributed by atoms with Gasteiger partial charge in [-0.05, 0) is 23.6 Å². The molecule has 1 atom stereocenters. The van der Waals surface area contributed by atoms with Gasteiger partial charge in [0, 0.05) is 12.0 Å². The van der Waals surface area contributed by atoms with Crippen LogP contribution in [0.1, 0.15) is 37.3 Å². The molecule has 2 rings (SSSR count). The molecular weight excluding hydrogens is 218 g/mol. The summed E-state index contributed by atoms with van der Waals surface area (Å²) < 4.78 is 5.46. The number of rotatable bonds is 2. The molecule has 1 aromatic carbocycles. The van der Waals surface area contributed by atoms with Gasteiger partial charge in [-0.2, -0.15) is 0 Å². The van der Waals surface area contributed by atoms with Gasteiger partial charge in [0.15, 0.2) is 0 Å². The Morgan fingerprint density at radius 3 is 2.82 bits per heavy atom. The van der Waals surface area contributed by atoms with Crippen LogP contribution in [0.3, 0.4) is 0 Å². The third-order valence-corrected chi connectivity index (χ3v) is 3.29. The van der Waals surface area contributed by atoms with Gasteiger partial charge in [-0.1, -0.05) is 19.9 Å². The summed E-state index contributed by atoms with van der Waals surface area (Å²) in [5.41, 5.74) is 6.34. The second kappa shape index (κ2) is 4.04. The molecule has 0 aliphatic carbocycles. The van der Waals surface area contributed by atoms with Gasteiger partial charge in [0.25, 0.3) is 0 Å². The average molecular weight is 235 g/mol. The number of fused-ring (bicyclic) bond motifs is 1. The van der Waals surface area contributed by atoms with E-state index in [-0.39, 0.29) is 0 Å². The normalized spacial score (nSPS) is 23.1. The van der Waals surface area contributed by atoms with E-state index < -0.39 is 11.5 Å². The van der Waals surface area contributed by atoms with Crippen molar-refractivity contribution in [3.63, 3.8) is 0 Å². The molecule has 0 aromatic heterocycles. The maximum atomic E-state index is 11.3. The van der Waals surface area contributed by atoms with Crippen LogP contribution in [-0.2, 0) is 10.3 Å². The smallest absolute Gasteiger partial charge is 0.328 e. The molecule has 1 unspecified atom stereocenters. The fraction of sp³-hybridized carbons (Fsp3) is 0.462. The summed E-state index contributed by atoms with van der Waals surface area (Å²) in [4.78, 5) is 11.3. The minimum absolute atomic E-state index is 0.302. The largest absolute Gasteiger partial charge is 0.493 e. The summed E-state index contributed by atoms with van der Waals surface area (Å²) in [7, 11) is 0. The van der Waals surface area contributed by atoms with Crippen molar-refractivity contribution < 1.29 is 14.6 Å². The second-order valence-corrected chi connectivity index (χ2v) is 4.79. The monoisotopic (exact) mass is 235 g/mol. The molecule has 4 heteroatoms. The number of carbonyl (C=O) groups is 1. The minimum Gasteiger partial charge on any atom is -0.493 e. The van der Waals surface area contributed by atoms with Crippen molar-refractivity contribution in [3.8, 4) is 5.75 Å².